The Hall–Kier alpha value is -2.09. The fourth-order valence-corrected chi connectivity index (χ4v) is 3.08. The molecule has 0 spiro atoms. The number of amides is 1. The van der Waals surface area contributed by atoms with Crippen LogP contribution < -0.4 is 10.6 Å². The van der Waals surface area contributed by atoms with Crippen LogP contribution in [0.3, 0.4) is 0 Å². The zero-order chi connectivity index (χ0) is 13.4. The van der Waals surface area contributed by atoms with Gasteiger partial charge in [-0.15, -0.1) is 0 Å². The van der Waals surface area contributed by atoms with Gasteiger partial charge in [0.15, 0.2) is 0 Å². The molecule has 1 aromatic heterocycles. The molecule has 0 aromatic carbocycles. The Bertz CT molecular complexity index is 576. The Morgan fingerprint density at radius 1 is 1.47 bits per heavy atom. The van der Waals surface area contributed by atoms with Gasteiger partial charge in [0.25, 0.3) is 0 Å². The molecule has 2 heterocycles. The number of nitrogens with two attached hydrogens (primary N) is 1. The zero-order valence-electron chi connectivity index (χ0n) is 10.7. The zero-order valence-corrected chi connectivity index (χ0v) is 10.7. The average molecular weight is 256 g/mol. The second-order valence-electron chi connectivity index (χ2n) is 5.18. The normalized spacial score (nSPS) is 21.2. The number of primary amides is 1. The van der Waals surface area contributed by atoms with Crippen molar-refractivity contribution in [3.8, 4) is 6.07 Å². The van der Waals surface area contributed by atoms with Crippen molar-refractivity contribution in [3.63, 3.8) is 0 Å². The van der Waals surface area contributed by atoms with Crippen LogP contribution in [0.25, 0.3) is 0 Å². The van der Waals surface area contributed by atoms with Gasteiger partial charge in [-0.1, -0.05) is 0 Å². The van der Waals surface area contributed by atoms with Gasteiger partial charge in [-0.05, 0) is 43.7 Å². The van der Waals surface area contributed by atoms with Crippen LogP contribution in [0, 0.1) is 11.3 Å². The van der Waals surface area contributed by atoms with Gasteiger partial charge in [0.2, 0.25) is 5.91 Å². The lowest BCUT2D eigenvalue weighted by Crippen LogP contribution is -2.41. The number of anilines is 1. The summed E-state index contributed by atoms with van der Waals surface area (Å²) in [6, 6.07) is 3.82. The second-order valence-corrected chi connectivity index (χ2v) is 5.18. The molecule has 0 radical (unpaired) electrons. The summed E-state index contributed by atoms with van der Waals surface area (Å²) in [5.41, 5.74) is 8.25. The standard InChI is InChI=1S/C14H16N4O/c15-8-10-7-9-3-1-4-11(9)17-14(10)18-6-2-5-12(18)13(16)19/h7,12H,1-6H2,(H2,16,19). The van der Waals surface area contributed by atoms with E-state index in [9.17, 15) is 10.1 Å². The summed E-state index contributed by atoms with van der Waals surface area (Å²) in [6.07, 6.45) is 4.71. The average Bonchev–Trinajstić information content (AvgIpc) is 3.05. The van der Waals surface area contributed by atoms with E-state index < -0.39 is 0 Å². The highest BCUT2D eigenvalue weighted by molar-refractivity contribution is 5.84. The number of carbonyl (C=O) groups excluding carboxylic acids is 1. The molecule has 98 valence electrons. The second kappa shape index (κ2) is 4.54. The molecule has 1 aliphatic heterocycles. The molecule has 1 aromatic rings. The van der Waals surface area contributed by atoms with Gasteiger partial charge in [0.05, 0.1) is 5.56 Å². The topological polar surface area (TPSA) is 83.0 Å². The van der Waals surface area contributed by atoms with Crippen molar-refractivity contribution in [2.24, 2.45) is 5.73 Å². The summed E-state index contributed by atoms with van der Waals surface area (Å²) < 4.78 is 0. The quantitative estimate of drug-likeness (QED) is 0.852. The van der Waals surface area contributed by atoms with E-state index in [0.29, 0.717) is 11.4 Å². The lowest BCUT2D eigenvalue weighted by Gasteiger charge is -2.24. The number of aryl methyl sites for hydroxylation is 2. The predicted octanol–water partition coefficient (Wildman–Crippen LogP) is 0.896. The molecule has 0 saturated carbocycles. The molecular weight excluding hydrogens is 240 g/mol. The van der Waals surface area contributed by atoms with Crippen LogP contribution in [0.1, 0.15) is 36.1 Å². The lowest BCUT2D eigenvalue weighted by atomic mass is 10.1. The number of fused-ring (bicyclic) bond motifs is 1. The molecule has 0 bridgehead atoms. The Kier molecular flexibility index (Phi) is 2.86. The summed E-state index contributed by atoms with van der Waals surface area (Å²) in [4.78, 5) is 18.0. The number of aromatic nitrogens is 1. The van der Waals surface area contributed by atoms with Crippen molar-refractivity contribution >= 4 is 11.7 Å². The van der Waals surface area contributed by atoms with Crippen molar-refractivity contribution < 1.29 is 4.79 Å². The van der Waals surface area contributed by atoms with Crippen LogP contribution in [0.2, 0.25) is 0 Å². The minimum Gasteiger partial charge on any atom is -0.368 e. The maximum absolute atomic E-state index is 11.5. The Morgan fingerprint density at radius 3 is 3.05 bits per heavy atom. The Balaban J connectivity index is 2.05. The third kappa shape index (κ3) is 1.93. The van der Waals surface area contributed by atoms with E-state index in [2.05, 4.69) is 11.1 Å². The van der Waals surface area contributed by atoms with Crippen LogP contribution in [-0.4, -0.2) is 23.5 Å². The molecule has 1 fully saturated rings. The van der Waals surface area contributed by atoms with Crippen molar-refractivity contribution in [1.29, 1.82) is 5.26 Å². The minimum absolute atomic E-state index is 0.320. The number of carbonyl (C=O) groups is 1. The molecule has 1 atom stereocenters. The van der Waals surface area contributed by atoms with Crippen LogP contribution in [0.15, 0.2) is 6.07 Å². The highest BCUT2D eigenvalue weighted by Crippen LogP contribution is 2.31. The summed E-state index contributed by atoms with van der Waals surface area (Å²) in [7, 11) is 0. The van der Waals surface area contributed by atoms with E-state index in [0.717, 1.165) is 44.3 Å². The smallest absolute Gasteiger partial charge is 0.240 e. The molecule has 1 amide bonds. The monoisotopic (exact) mass is 256 g/mol. The molecule has 19 heavy (non-hydrogen) atoms. The maximum atomic E-state index is 11.5. The van der Waals surface area contributed by atoms with E-state index in [4.69, 9.17) is 5.73 Å². The molecule has 2 N–H and O–H groups in total. The molecule has 1 saturated heterocycles. The number of nitrogens with zero attached hydrogens (tertiary/aromatic N) is 3. The van der Waals surface area contributed by atoms with Gasteiger partial charge < -0.3 is 10.6 Å². The van der Waals surface area contributed by atoms with Crippen LogP contribution >= 0.6 is 0 Å². The van der Waals surface area contributed by atoms with Crippen molar-refractivity contribution in [1.82, 2.24) is 4.98 Å². The number of hydrogen-bond donors (Lipinski definition) is 1. The van der Waals surface area contributed by atoms with Crippen molar-refractivity contribution in [2.45, 2.75) is 38.1 Å². The SMILES string of the molecule is N#Cc1cc2c(nc1N1CCCC1C(N)=O)CCC2. The number of rotatable bonds is 2. The molecule has 3 rings (SSSR count). The summed E-state index contributed by atoms with van der Waals surface area (Å²) in [5, 5.41) is 9.30. The Morgan fingerprint density at radius 2 is 2.32 bits per heavy atom. The molecule has 1 aliphatic carbocycles. The largest absolute Gasteiger partial charge is 0.368 e. The van der Waals surface area contributed by atoms with Crippen LogP contribution in [0.5, 0.6) is 0 Å². The third-order valence-corrected chi connectivity index (χ3v) is 4.00. The van der Waals surface area contributed by atoms with E-state index in [1.165, 1.54) is 5.56 Å². The van der Waals surface area contributed by atoms with Gasteiger partial charge in [-0.2, -0.15) is 5.26 Å². The minimum atomic E-state index is -0.330. The third-order valence-electron chi connectivity index (χ3n) is 4.00. The lowest BCUT2D eigenvalue weighted by molar-refractivity contribution is -0.119. The first-order valence-corrected chi connectivity index (χ1v) is 6.69. The van der Waals surface area contributed by atoms with E-state index in [-0.39, 0.29) is 11.9 Å². The fraction of sp³-hybridized carbons (Fsp3) is 0.500. The van der Waals surface area contributed by atoms with Gasteiger partial charge >= 0.3 is 0 Å². The first-order chi connectivity index (χ1) is 9.20. The first kappa shape index (κ1) is 12.0. The van der Waals surface area contributed by atoms with E-state index in [1.807, 2.05) is 11.0 Å². The van der Waals surface area contributed by atoms with Crippen molar-refractivity contribution in [3.05, 3.63) is 22.9 Å². The van der Waals surface area contributed by atoms with Gasteiger partial charge in [0.1, 0.15) is 17.9 Å². The van der Waals surface area contributed by atoms with Crippen LogP contribution in [-0.2, 0) is 17.6 Å². The maximum Gasteiger partial charge on any atom is 0.240 e. The number of pyridine rings is 1. The Labute approximate surface area is 112 Å². The summed E-state index contributed by atoms with van der Waals surface area (Å²) >= 11 is 0. The molecule has 1 unspecified atom stereocenters. The van der Waals surface area contributed by atoms with E-state index in [1.54, 1.807) is 0 Å². The molecule has 2 aliphatic rings. The van der Waals surface area contributed by atoms with Gasteiger partial charge in [-0.3, -0.25) is 4.79 Å². The van der Waals surface area contributed by atoms with Crippen LogP contribution in [0.4, 0.5) is 5.82 Å². The molecular formula is C14H16N4O. The first-order valence-electron chi connectivity index (χ1n) is 6.69. The van der Waals surface area contributed by atoms with E-state index >= 15 is 0 Å². The summed E-state index contributed by atoms with van der Waals surface area (Å²) in [5.74, 6) is 0.313. The number of nitriles is 1. The molecule has 5 nitrogen and oxygen atoms in total. The predicted molar refractivity (Wildman–Crippen MR) is 70.5 cm³/mol. The fourth-order valence-electron chi connectivity index (χ4n) is 3.08. The molecule has 5 heteroatoms. The summed E-state index contributed by atoms with van der Waals surface area (Å²) in [6.45, 7) is 0.744. The van der Waals surface area contributed by atoms with Gasteiger partial charge in [0, 0.05) is 12.2 Å². The number of hydrogen-bond acceptors (Lipinski definition) is 4. The highest BCUT2D eigenvalue weighted by atomic mass is 16.1. The van der Waals surface area contributed by atoms with Gasteiger partial charge in [-0.25, -0.2) is 4.98 Å². The highest BCUT2D eigenvalue weighted by Gasteiger charge is 2.32. The van der Waals surface area contributed by atoms with Crippen molar-refractivity contribution in [2.75, 3.05) is 11.4 Å².